The minimum atomic E-state index is 0.189. The molecule has 0 bridgehead atoms. The van der Waals surface area contributed by atoms with Crippen LogP contribution in [0.5, 0.6) is 0 Å². The molecule has 1 aromatic heterocycles. The zero-order chi connectivity index (χ0) is 12.6. The Kier molecular flexibility index (Phi) is 5.20. The Hall–Kier alpha value is -1.36. The molecule has 18 heavy (non-hydrogen) atoms. The van der Waals surface area contributed by atoms with E-state index in [0.717, 1.165) is 32.6 Å². The van der Waals surface area contributed by atoms with Crippen LogP contribution in [0.15, 0.2) is 18.7 Å². The zero-order valence-electron chi connectivity index (χ0n) is 10.8. The number of carbonyl (C=O) groups is 1. The van der Waals surface area contributed by atoms with Gasteiger partial charge in [-0.15, -0.1) is 0 Å². The molecule has 100 valence electrons. The predicted molar refractivity (Wildman–Crippen MR) is 70.1 cm³/mol. The topological polar surface area (TPSA) is 59.0 Å². The van der Waals surface area contributed by atoms with Gasteiger partial charge in [0.1, 0.15) is 0 Å². The maximum Gasteiger partial charge on any atom is 0.220 e. The van der Waals surface area contributed by atoms with E-state index in [1.54, 1.807) is 12.5 Å². The second-order valence-electron chi connectivity index (χ2n) is 4.92. The third-order valence-electron chi connectivity index (χ3n) is 3.35. The summed E-state index contributed by atoms with van der Waals surface area (Å²) in [5.41, 5.74) is 0. The van der Waals surface area contributed by atoms with Crippen LogP contribution in [0.2, 0.25) is 0 Å². The lowest BCUT2D eigenvalue weighted by molar-refractivity contribution is -0.122. The molecule has 1 atom stereocenters. The largest absolute Gasteiger partial charge is 0.356 e. The number of carbonyl (C=O) groups excluding carboxylic acids is 1. The molecule has 0 spiro atoms. The molecule has 5 nitrogen and oxygen atoms in total. The molecular weight excluding hydrogens is 228 g/mol. The highest BCUT2D eigenvalue weighted by atomic mass is 16.1. The molecule has 0 radical (unpaired) electrons. The maximum absolute atomic E-state index is 11.7. The fraction of sp³-hybridized carbons (Fsp3) is 0.692. The van der Waals surface area contributed by atoms with Crippen LogP contribution < -0.4 is 10.6 Å². The minimum absolute atomic E-state index is 0.189. The Bertz CT molecular complexity index is 344. The van der Waals surface area contributed by atoms with Crippen molar-refractivity contribution in [1.82, 2.24) is 20.2 Å². The van der Waals surface area contributed by atoms with Crippen LogP contribution in [0.1, 0.15) is 25.7 Å². The summed E-state index contributed by atoms with van der Waals surface area (Å²) in [5, 5.41) is 6.33. The number of aryl methyl sites for hydroxylation is 1. The molecule has 1 saturated heterocycles. The smallest absolute Gasteiger partial charge is 0.220 e. The van der Waals surface area contributed by atoms with E-state index in [1.165, 1.54) is 12.8 Å². The lowest BCUT2D eigenvalue weighted by Gasteiger charge is -2.22. The summed E-state index contributed by atoms with van der Waals surface area (Å²) < 4.78 is 2.03. The van der Waals surface area contributed by atoms with Gasteiger partial charge in [0.2, 0.25) is 5.91 Å². The molecular formula is C13H22N4O. The first-order valence-corrected chi connectivity index (χ1v) is 6.78. The van der Waals surface area contributed by atoms with Gasteiger partial charge >= 0.3 is 0 Å². The van der Waals surface area contributed by atoms with Gasteiger partial charge in [0.05, 0.1) is 6.33 Å². The molecule has 2 heterocycles. The van der Waals surface area contributed by atoms with Crippen molar-refractivity contribution in [3.8, 4) is 0 Å². The highest BCUT2D eigenvalue weighted by Crippen LogP contribution is 2.13. The summed E-state index contributed by atoms with van der Waals surface area (Å²) in [5.74, 6) is 0.710. The monoisotopic (exact) mass is 250 g/mol. The Morgan fingerprint density at radius 2 is 2.50 bits per heavy atom. The number of rotatable bonds is 6. The molecule has 1 unspecified atom stereocenters. The van der Waals surface area contributed by atoms with Gasteiger partial charge in [0.25, 0.3) is 0 Å². The van der Waals surface area contributed by atoms with Crippen molar-refractivity contribution < 1.29 is 4.79 Å². The van der Waals surface area contributed by atoms with Gasteiger partial charge in [-0.2, -0.15) is 0 Å². The molecule has 0 saturated carbocycles. The van der Waals surface area contributed by atoms with E-state index < -0.39 is 0 Å². The van der Waals surface area contributed by atoms with Gasteiger partial charge in [-0.25, -0.2) is 4.98 Å². The van der Waals surface area contributed by atoms with E-state index in [9.17, 15) is 4.79 Å². The lowest BCUT2D eigenvalue weighted by atomic mass is 9.96. The second kappa shape index (κ2) is 7.16. The molecule has 0 aliphatic carbocycles. The molecule has 0 aromatic carbocycles. The molecule has 1 aromatic rings. The highest BCUT2D eigenvalue weighted by molar-refractivity contribution is 5.76. The molecule has 2 N–H and O–H groups in total. The number of piperidine rings is 1. The van der Waals surface area contributed by atoms with Gasteiger partial charge in [-0.1, -0.05) is 0 Å². The number of aromatic nitrogens is 2. The fourth-order valence-corrected chi connectivity index (χ4v) is 2.34. The summed E-state index contributed by atoms with van der Waals surface area (Å²) in [7, 11) is 0. The van der Waals surface area contributed by atoms with Crippen molar-refractivity contribution in [3.63, 3.8) is 0 Å². The second-order valence-corrected chi connectivity index (χ2v) is 4.92. The summed E-state index contributed by atoms with van der Waals surface area (Å²) >= 11 is 0. The van der Waals surface area contributed by atoms with Gasteiger partial charge in [0.15, 0.2) is 0 Å². The SMILES string of the molecule is O=C(CC1CCCNC1)NCCCn1ccnc1. The van der Waals surface area contributed by atoms with E-state index in [0.29, 0.717) is 12.3 Å². The van der Waals surface area contributed by atoms with Crippen LogP contribution in [0.25, 0.3) is 0 Å². The van der Waals surface area contributed by atoms with Crippen molar-refractivity contribution in [3.05, 3.63) is 18.7 Å². The van der Waals surface area contributed by atoms with E-state index in [-0.39, 0.29) is 5.91 Å². The van der Waals surface area contributed by atoms with Crippen LogP contribution in [-0.2, 0) is 11.3 Å². The van der Waals surface area contributed by atoms with Crippen molar-refractivity contribution in [1.29, 1.82) is 0 Å². The molecule has 5 heteroatoms. The van der Waals surface area contributed by atoms with Gasteiger partial charge in [-0.3, -0.25) is 4.79 Å². The van der Waals surface area contributed by atoms with E-state index in [1.807, 2.05) is 10.8 Å². The number of nitrogens with zero attached hydrogens (tertiary/aromatic N) is 2. The summed E-state index contributed by atoms with van der Waals surface area (Å²) in [4.78, 5) is 15.7. The first kappa shape index (κ1) is 13.1. The number of imidazole rings is 1. The average molecular weight is 250 g/mol. The summed E-state index contributed by atoms with van der Waals surface area (Å²) in [6.07, 6.45) is 9.50. The Morgan fingerprint density at radius 3 is 3.22 bits per heavy atom. The van der Waals surface area contributed by atoms with Crippen LogP contribution in [0, 0.1) is 5.92 Å². The number of amides is 1. The van der Waals surface area contributed by atoms with Crippen molar-refractivity contribution in [2.45, 2.75) is 32.2 Å². The Balaban J connectivity index is 1.54. The molecule has 1 aliphatic rings. The van der Waals surface area contributed by atoms with Crippen molar-refractivity contribution in [2.24, 2.45) is 5.92 Å². The number of hydrogen-bond acceptors (Lipinski definition) is 3. The van der Waals surface area contributed by atoms with Crippen molar-refractivity contribution >= 4 is 5.91 Å². The first-order chi connectivity index (χ1) is 8.84. The number of hydrogen-bond donors (Lipinski definition) is 2. The molecule has 2 rings (SSSR count). The summed E-state index contributed by atoms with van der Waals surface area (Å²) in [6.45, 7) is 3.74. The van der Waals surface area contributed by atoms with Gasteiger partial charge in [0, 0.05) is 31.9 Å². The first-order valence-electron chi connectivity index (χ1n) is 6.78. The standard InChI is InChI=1S/C13H22N4O/c18-13(9-12-3-1-4-14-10-12)16-5-2-7-17-8-6-15-11-17/h6,8,11-12,14H,1-5,7,9-10H2,(H,16,18). The third-order valence-corrected chi connectivity index (χ3v) is 3.35. The third kappa shape index (κ3) is 4.49. The number of nitrogens with one attached hydrogen (secondary N) is 2. The Labute approximate surface area is 108 Å². The van der Waals surface area contributed by atoms with Gasteiger partial charge < -0.3 is 15.2 Å². The van der Waals surface area contributed by atoms with Crippen LogP contribution >= 0.6 is 0 Å². The predicted octanol–water partition coefficient (Wildman–Crippen LogP) is 0.779. The van der Waals surface area contributed by atoms with Gasteiger partial charge in [-0.05, 0) is 38.3 Å². The Morgan fingerprint density at radius 1 is 1.56 bits per heavy atom. The van der Waals surface area contributed by atoms with Crippen LogP contribution in [0.4, 0.5) is 0 Å². The van der Waals surface area contributed by atoms with Crippen molar-refractivity contribution in [2.75, 3.05) is 19.6 Å². The average Bonchev–Trinajstić information content (AvgIpc) is 2.89. The normalized spacial score (nSPS) is 19.7. The van der Waals surface area contributed by atoms with E-state index in [4.69, 9.17) is 0 Å². The minimum Gasteiger partial charge on any atom is -0.356 e. The maximum atomic E-state index is 11.7. The summed E-state index contributed by atoms with van der Waals surface area (Å²) in [6, 6.07) is 0. The fourth-order valence-electron chi connectivity index (χ4n) is 2.34. The van der Waals surface area contributed by atoms with Crippen LogP contribution in [0.3, 0.4) is 0 Å². The lowest BCUT2D eigenvalue weighted by Crippen LogP contribution is -2.34. The molecule has 1 fully saturated rings. The molecule has 1 aliphatic heterocycles. The van der Waals surface area contributed by atoms with E-state index in [2.05, 4.69) is 15.6 Å². The highest BCUT2D eigenvalue weighted by Gasteiger charge is 2.16. The van der Waals surface area contributed by atoms with Crippen LogP contribution in [-0.4, -0.2) is 35.1 Å². The quantitative estimate of drug-likeness (QED) is 0.734. The van der Waals surface area contributed by atoms with E-state index >= 15 is 0 Å². The molecule has 1 amide bonds. The zero-order valence-corrected chi connectivity index (χ0v) is 10.8.